The van der Waals surface area contributed by atoms with Gasteiger partial charge in [0.25, 0.3) is 6.71 Å². The SMILES string of the molecule is [2H]c1c([2H])c([2H])c(-c2ccc3c(c2)N(c2cc(-c4ccccc4)cc(-c4ccccc4)c2)c2cc(-n4c5c([2H])c([2H])c([2H])c([2H])c5c5c([2H])c([2H])c([2H])c([2H])c54)cc4c2B3c2ccc(-c3c([2H])c([2H])c([2H])c([2H])c3[2H])cc2N4c2cc(C#N)cc(-n3c4ccccc4c4cc(-c5ccccc5)ccc43)c2)c([2H])c1[2H]. The van der Waals surface area contributed by atoms with Gasteiger partial charge in [-0.15, -0.1) is 0 Å². The van der Waals surface area contributed by atoms with Gasteiger partial charge in [-0.3, -0.25) is 0 Å². The van der Waals surface area contributed by atoms with Gasteiger partial charge in [-0.1, -0.05) is 236 Å². The van der Waals surface area contributed by atoms with Gasteiger partial charge >= 0.3 is 0 Å². The van der Waals surface area contributed by atoms with Crippen LogP contribution >= 0.6 is 0 Å². The third-order valence-corrected chi connectivity index (χ3v) is 17.6. The second-order valence-electron chi connectivity index (χ2n) is 22.6. The summed E-state index contributed by atoms with van der Waals surface area (Å²) in [5.41, 5.74) is 11.5. The van der Waals surface area contributed by atoms with E-state index in [0.717, 1.165) is 55.2 Å². The van der Waals surface area contributed by atoms with Crippen LogP contribution in [0, 0.1) is 11.3 Å². The molecule has 422 valence electrons. The molecule has 0 aliphatic carbocycles. The quantitative estimate of drug-likeness (QED) is 0.135. The van der Waals surface area contributed by atoms with Crippen molar-refractivity contribution in [1.29, 1.82) is 5.26 Å². The maximum absolute atomic E-state index is 11.6. The summed E-state index contributed by atoms with van der Waals surface area (Å²) in [4.78, 5) is 3.91. The van der Waals surface area contributed by atoms with Crippen molar-refractivity contribution < 1.29 is 24.7 Å². The lowest BCUT2D eigenvalue weighted by atomic mass is 9.33. The standard InChI is InChI=1S/C85H54BN5/c87-55-56-44-67(88-79-37-21-18-34-73(79)74-49-62(40-43-80(74)88)57-22-6-1-7-23-57)52-68(45-56)90-81-50-63(58-24-8-2-9-25-58)38-41-75(81)86-76-42-39-64(59-26-10-3-11-27-59)51-82(76)91(69-47-65(60-28-12-4-13-29-60)46-66(48-69)61-30-14-5-15-31-61)84-54-70(53-83(90)85(84)86)89-77-35-19-16-32-71(77)72-33-17-20-36-78(72)89/h1-54H/i2D,3D,8D,9D,10D,11D,16D,17D,19D,20D,24D,25D,26D,27D,32D,33D,35D,36D. The van der Waals surface area contributed by atoms with Gasteiger partial charge in [0.1, 0.15) is 0 Å². The highest BCUT2D eigenvalue weighted by Crippen LogP contribution is 2.50. The van der Waals surface area contributed by atoms with E-state index in [1.54, 1.807) is 48.5 Å². The molecule has 0 spiro atoms. The molecule has 0 unspecified atom stereocenters. The summed E-state index contributed by atoms with van der Waals surface area (Å²) in [6.07, 6.45) is 0. The fraction of sp³-hybridized carbons (Fsp3) is 0. The monoisotopic (exact) mass is 1170 g/mol. The maximum atomic E-state index is 11.6. The van der Waals surface area contributed by atoms with Crippen molar-refractivity contribution >= 4 is 101 Å². The molecule has 91 heavy (non-hydrogen) atoms. The van der Waals surface area contributed by atoms with Gasteiger partial charge in [0.15, 0.2) is 0 Å². The Bertz CT molecular complexity index is 6570. The Balaban J connectivity index is 1.04. The van der Waals surface area contributed by atoms with Crippen LogP contribution in [0.1, 0.15) is 30.2 Å². The van der Waals surface area contributed by atoms with Gasteiger partial charge in [0, 0.05) is 61.4 Å². The number of hydrogen-bond donors (Lipinski definition) is 0. The fourth-order valence-corrected chi connectivity index (χ4v) is 13.8. The molecule has 0 amide bonds. The third kappa shape index (κ3) is 8.47. The molecule has 16 aromatic rings. The minimum atomic E-state index is -0.909. The van der Waals surface area contributed by atoms with Crippen LogP contribution in [0.4, 0.5) is 34.1 Å². The molecule has 0 fully saturated rings. The van der Waals surface area contributed by atoms with Gasteiger partial charge in [0.05, 0.1) is 64.1 Å². The number of nitrogens with zero attached hydrogens (tertiary/aromatic N) is 5. The van der Waals surface area contributed by atoms with Gasteiger partial charge in [-0.25, -0.2) is 0 Å². The van der Waals surface area contributed by atoms with Crippen molar-refractivity contribution in [3.63, 3.8) is 0 Å². The van der Waals surface area contributed by atoms with Crippen LogP contribution in [0.15, 0.2) is 327 Å². The van der Waals surface area contributed by atoms with Crippen LogP contribution in [0.2, 0.25) is 0 Å². The van der Waals surface area contributed by atoms with E-state index >= 15 is 0 Å². The maximum Gasteiger partial charge on any atom is 0.252 e. The lowest BCUT2D eigenvalue weighted by Gasteiger charge is -2.45. The Morgan fingerprint density at radius 2 is 0.725 bits per heavy atom. The van der Waals surface area contributed by atoms with E-state index in [0.29, 0.717) is 56.2 Å². The van der Waals surface area contributed by atoms with Gasteiger partial charge in [0.2, 0.25) is 0 Å². The molecule has 2 aromatic heterocycles. The first-order chi connectivity index (χ1) is 52.5. The summed E-state index contributed by atoms with van der Waals surface area (Å²) in [6, 6.07) is 61.6. The Morgan fingerprint density at radius 3 is 1.29 bits per heavy atom. The molecule has 14 aromatic carbocycles. The fourth-order valence-electron chi connectivity index (χ4n) is 13.8. The summed E-state index contributed by atoms with van der Waals surface area (Å²) in [5.74, 6) is 0. The van der Waals surface area contributed by atoms with Crippen molar-refractivity contribution in [3.8, 4) is 73.1 Å². The molecule has 0 saturated carbocycles. The Labute approximate surface area is 553 Å². The summed E-state index contributed by atoms with van der Waals surface area (Å²) in [6.45, 7) is -0.909. The molecule has 0 N–H and O–H groups in total. The lowest BCUT2D eigenvalue weighted by molar-refractivity contribution is 1.15. The number of para-hydroxylation sites is 3. The zero-order valence-electron chi connectivity index (χ0n) is 66.1. The summed E-state index contributed by atoms with van der Waals surface area (Å²) >= 11 is 0. The molecular weight excluding hydrogens is 1100 g/mol. The number of anilines is 6. The smallest absolute Gasteiger partial charge is 0.252 e. The average Bonchev–Trinajstić information content (AvgIpc) is 1.69. The Kier molecular flexibility index (Phi) is 8.52. The molecule has 0 atom stereocenters. The van der Waals surface area contributed by atoms with Gasteiger partial charge in [-0.2, -0.15) is 5.26 Å². The van der Waals surface area contributed by atoms with Crippen molar-refractivity contribution in [2.24, 2.45) is 0 Å². The van der Waals surface area contributed by atoms with Crippen molar-refractivity contribution in [2.75, 3.05) is 9.80 Å². The van der Waals surface area contributed by atoms with Crippen LogP contribution in [-0.4, -0.2) is 15.8 Å². The van der Waals surface area contributed by atoms with E-state index in [9.17, 15) is 19.0 Å². The van der Waals surface area contributed by atoms with Crippen LogP contribution in [0.5, 0.6) is 0 Å². The van der Waals surface area contributed by atoms with Crippen LogP contribution in [0.25, 0.3) is 111 Å². The van der Waals surface area contributed by atoms with Gasteiger partial charge in [-0.05, 0) is 163 Å². The number of aromatic nitrogens is 2. The average molecular weight is 1170 g/mol. The normalized spacial score (nSPS) is 15.1. The van der Waals surface area contributed by atoms with Gasteiger partial charge < -0.3 is 18.9 Å². The topological polar surface area (TPSA) is 40.1 Å². The van der Waals surface area contributed by atoms with Crippen molar-refractivity contribution in [3.05, 3.63) is 333 Å². The summed E-state index contributed by atoms with van der Waals surface area (Å²) in [5, 5.41) is 13.0. The number of nitriles is 1. The van der Waals surface area contributed by atoms with Crippen molar-refractivity contribution in [1.82, 2.24) is 9.13 Å². The third-order valence-electron chi connectivity index (χ3n) is 17.6. The zero-order valence-corrected chi connectivity index (χ0v) is 48.1. The van der Waals surface area contributed by atoms with E-state index in [4.69, 9.17) is 11.0 Å². The molecule has 6 heteroatoms. The first kappa shape index (κ1) is 36.9. The first-order valence-corrected chi connectivity index (χ1v) is 29.7. The highest BCUT2D eigenvalue weighted by molar-refractivity contribution is 7.00. The highest BCUT2D eigenvalue weighted by Gasteiger charge is 2.44. The molecule has 2 aliphatic rings. The molecule has 4 heterocycles. The predicted octanol–water partition coefficient (Wildman–Crippen LogP) is 20.2. The minimum Gasteiger partial charge on any atom is -0.311 e. The molecular formula is C85H54BN5. The number of rotatable bonds is 9. The zero-order chi connectivity index (χ0) is 75.8. The largest absolute Gasteiger partial charge is 0.311 e. The number of hydrogen-bond acceptors (Lipinski definition) is 3. The second-order valence-corrected chi connectivity index (χ2v) is 22.6. The molecule has 18 rings (SSSR count). The summed E-state index contributed by atoms with van der Waals surface area (Å²) in [7, 11) is 0. The molecule has 0 saturated heterocycles. The van der Waals surface area contributed by atoms with E-state index < -0.39 is 115 Å². The Morgan fingerprint density at radius 1 is 0.286 bits per heavy atom. The van der Waals surface area contributed by atoms with Crippen LogP contribution in [-0.2, 0) is 0 Å². The highest BCUT2D eigenvalue weighted by atomic mass is 15.2. The molecule has 0 radical (unpaired) electrons. The Hall–Kier alpha value is -12.2. The molecule has 2 aliphatic heterocycles. The van der Waals surface area contributed by atoms with Crippen LogP contribution in [0.3, 0.4) is 0 Å². The first-order valence-electron chi connectivity index (χ1n) is 38.7. The summed E-state index contributed by atoms with van der Waals surface area (Å²) < 4.78 is 171. The predicted molar refractivity (Wildman–Crippen MR) is 381 cm³/mol. The van der Waals surface area contributed by atoms with E-state index in [1.807, 2.05) is 168 Å². The van der Waals surface area contributed by atoms with Crippen molar-refractivity contribution in [2.45, 2.75) is 0 Å². The van der Waals surface area contributed by atoms with E-state index in [1.165, 1.54) is 4.57 Å². The minimum absolute atomic E-state index is 0.0999. The van der Waals surface area contributed by atoms with Crippen LogP contribution < -0.4 is 26.2 Å². The molecule has 0 bridgehead atoms. The van der Waals surface area contributed by atoms with E-state index in [2.05, 4.69) is 22.8 Å². The number of fused-ring (bicyclic) bond motifs is 10. The second kappa shape index (κ2) is 21.0. The lowest BCUT2D eigenvalue weighted by Crippen LogP contribution is -2.61. The molecule has 5 nitrogen and oxygen atoms in total. The number of benzene rings is 14. The van der Waals surface area contributed by atoms with E-state index in [-0.39, 0.29) is 55.3 Å².